The fourth-order valence-electron chi connectivity index (χ4n) is 8.70. The molecule has 0 bridgehead atoms. The molecular weight excluding hydrogens is 708 g/mol. The van der Waals surface area contributed by atoms with Crippen LogP contribution in [-0.4, -0.2) is 108 Å². The standard InChI is InChI=1S/C37H42F4N10O3/c1-22(52)48-14-9-30-28(20-48)35(50-11-3-4-23-16-26(24-18-42-46(2)19-24)27(34(38)39)17-31(23)50)45-51(30)25-7-12-47(13-8-25)32-10-15-49(21-37(32,40)41)33-6-5-29(36(53)54)43-44-33/h5-6,16-19,25,32,34H,3-4,7-15,20-21H2,1-2H3,(H,53,54). The minimum absolute atomic E-state index is 0.0518. The highest BCUT2D eigenvalue weighted by Crippen LogP contribution is 2.44. The number of anilines is 3. The molecule has 1 unspecified atom stereocenters. The number of fused-ring (bicyclic) bond motifs is 2. The van der Waals surface area contributed by atoms with Crippen molar-refractivity contribution < 1.29 is 32.3 Å². The Balaban J connectivity index is 1.04. The van der Waals surface area contributed by atoms with Gasteiger partial charge in [-0.1, -0.05) is 0 Å². The zero-order chi connectivity index (χ0) is 37.9. The number of carbonyl (C=O) groups is 2. The number of hydrogen-bond donors (Lipinski definition) is 1. The summed E-state index contributed by atoms with van der Waals surface area (Å²) in [5, 5.41) is 26.0. The summed E-state index contributed by atoms with van der Waals surface area (Å²) in [6.45, 7) is 3.68. The molecule has 1 atom stereocenters. The van der Waals surface area contributed by atoms with Gasteiger partial charge >= 0.3 is 5.97 Å². The van der Waals surface area contributed by atoms with Crippen molar-refractivity contribution in [3.8, 4) is 11.1 Å². The van der Waals surface area contributed by atoms with Crippen molar-refractivity contribution in [3.05, 3.63) is 64.7 Å². The van der Waals surface area contributed by atoms with E-state index >= 15 is 8.78 Å². The molecule has 4 aliphatic heterocycles. The Morgan fingerprint density at radius 3 is 2.44 bits per heavy atom. The van der Waals surface area contributed by atoms with E-state index in [9.17, 15) is 18.4 Å². The minimum Gasteiger partial charge on any atom is -0.476 e. The summed E-state index contributed by atoms with van der Waals surface area (Å²) in [7, 11) is 1.75. The quantitative estimate of drug-likeness (QED) is 0.250. The maximum absolute atomic E-state index is 15.7. The van der Waals surface area contributed by atoms with Crippen molar-refractivity contribution in [2.24, 2.45) is 7.05 Å². The smallest absolute Gasteiger partial charge is 0.356 e. The molecule has 54 heavy (non-hydrogen) atoms. The van der Waals surface area contributed by atoms with Crippen molar-refractivity contribution >= 4 is 29.2 Å². The molecule has 4 aromatic rings. The number of halogens is 4. The number of hydrogen-bond acceptors (Lipinski definition) is 9. The number of alkyl halides is 4. The van der Waals surface area contributed by atoms with E-state index in [-0.39, 0.29) is 35.4 Å². The van der Waals surface area contributed by atoms with Gasteiger partial charge in [0.15, 0.2) is 17.3 Å². The van der Waals surface area contributed by atoms with Crippen LogP contribution in [0.5, 0.6) is 0 Å². The zero-order valence-corrected chi connectivity index (χ0v) is 30.1. The Bertz CT molecular complexity index is 2060. The van der Waals surface area contributed by atoms with Crippen LogP contribution in [-0.2, 0) is 31.2 Å². The molecule has 0 spiro atoms. The largest absolute Gasteiger partial charge is 0.476 e. The van der Waals surface area contributed by atoms with Crippen molar-refractivity contribution in [1.29, 1.82) is 0 Å². The number of amides is 1. The van der Waals surface area contributed by atoms with Crippen LogP contribution in [0, 0.1) is 0 Å². The maximum atomic E-state index is 15.7. The van der Waals surface area contributed by atoms with Gasteiger partial charge in [0.05, 0.1) is 31.4 Å². The van der Waals surface area contributed by atoms with Gasteiger partial charge in [-0.3, -0.25) is 19.1 Å². The molecule has 0 saturated carbocycles. The molecule has 286 valence electrons. The molecule has 0 radical (unpaired) electrons. The maximum Gasteiger partial charge on any atom is 0.356 e. The summed E-state index contributed by atoms with van der Waals surface area (Å²) in [5.74, 6) is -3.45. The molecule has 7 heterocycles. The van der Waals surface area contributed by atoms with Gasteiger partial charge in [0, 0.05) is 87.4 Å². The normalized spacial score (nSPS) is 20.6. The SMILES string of the molecule is CC(=O)N1CCc2c(c(N3CCCc4cc(-c5cnn(C)c5)c(C(F)F)cc43)nn2C2CCN(C3CCN(c4ccc(C(=O)O)nn4)CC3(F)F)CC2)C1. The molecule has 0 aliphatic carbocycles. The van der Waals surface area contributed by atoms with E-state index in [0.717, 1.165) is 29.7 Å². The van der Waals surface area contributed by atoms with Gasteiger partial charge in [-0.15, -0.1) is 10.2 Å². The van der Waals surface area contributed by atoms with Crippen LogP contribution in [0.4, 0.5) is 34.9 Å². The number of rotatable bonds is 7. The molecule has 2 saturated heterocycles. The van der Waals surface area contributed by atoms with Crippen LogP contribution < -0.4 is 9.80 Å². The van der Waals surface area contributed by atoms with E-state index in [1.807, 2.05) is 20.5 Å². The first-order valence-electron chi connectivity index (χ1n) is 18.4. The van der Waals surface area contributed by atoms with E-state index in [0.29, 0.717) is 81.2 Å². The Morgan fingerprint density at radius 2 is 1.80 bits per heavy atom. The predicted octanol–water partition coefficient (Wildman–Crippen LogP) is 5.25. The number of nitrogens with zero attached hydrogens (tertiary/aromatic N) is 10. The molecule has 13 nitrogen and oxygen atoms in total. The molecular formula is C37H42F4N10O3. The molecule has 1 amide bonds. The topological polar surface area (TPSA) is 129 Å². The highest BCUT2D eigenvalue weighted by Gasteiger charge is 2.49. The minimum atomic E-state index is -3.04. The number of carbonyl (C=O) groups excluding carboxylic acids is 1. The third kappa shape index (κ3) is 6.55. The van der Waals surface area contributed by atoms with Gasteiger partial charge in [0.1, 0.15) is 0 Å². The Hall–Kier alpha value is -5.06. The van der Waals surface area contributed by atoms with Gasteiger partial charge in [-0.25, -0.2) is 22.4 Å². The van der Waals surface area contributed by atoms with E-state index in [2.05, 4.69) is 15.3 Å². The lowest BCUT2D eigenvalue weighted by molar-refractivity contribution is -0.129. The van der Waals surface area contributed by atoms with Crippen molar-refractivity contribution in [2.75, 3.05) is 49.1 Å². The van der Waals surface area contributed by atoms with Gasteiger partial charge in [-0.2, -0.15) is 10.2 Å². The average Bonchev–Trinajstić information content (AvgIpc) is 3.77. The molecule has 2 fully saturated rings. The Labute approximate surface area is 309 Å². The summed E-state index contributed by atoms with van der Waals surface area (Å²) in [6, 6.07) is 5.09. The predicted molar refractivity (Wildman–Crippen MR) is 190 cm³/mol. The van der Waals surface area contributed by atoms with E-state index in [1.165, 1.54) is 17.0 Å². The van der Waals surface area contributed by atoms with Crippen LogP contribution >= 0.6 is 0 Å². The van der Waals surface area contributed by atoms with E-state index in [1.54, 1.807) is 42.0 Å². The first kappa shape index (κ1) is 35.9. The second kappa shape index (κ2) is 14.0. The number of aryl methyl sites for hydroxylation is 2. The second-order valence-corrected chi connectivity index (χ2v) is 14.7. The summed E-state index contributed by atoms with van der Waals surface area (Å²) >= 11 is 0. The van der Waals surface area contributed by atoms with Gasteiger partial charge in [0.25, 0.3) is 12.3 Å². The lowest BCUT2D eigenvalue weighted by Crippen LogP contribution is -2.60. The molecule has 4 aliphatic rings. The van der Waals surface area contributed by atoms with Crippen LogP contribution in [0.1, 0.15) is 77.9 Å². The molecule has 3 aromatic heterocycles. The monoisotopic (exact) mass is 750 g/mol. The molecule has 17 heteroatoms. The summed E-state index contributed by atoms with van der Waals surface area (Å²) in [4.78, 5) is 30.8. The fourth-order valence-corrected chi connectivity index (χ4v) is 8.70. The summed E-state index contributed by atoms with van der Waals surface area (Å²) in [6.07, 6.45) is 4.12. The van der Waals surface area contributed by atoms with Crippen molar-refractivity contribution in [1.82, 2.24) is 39.6 Å². The first-order chi connectivity index (χ1) is 25.9. The second-order valence-electron chi connectivity index (χ2n) is 14.7. The zero-order valence-electron chi connectivity index (χ0n) is 30.1. The summed E-state index contributed by atoms with van der Waals surface area (Å²) < 4.78 is 64.4. The lowest BCUT2D eigenvalue weighted by atomic mass is 9.92. The fraction of sp³-hybridized carbons (Fsp3) is 0.514. The third-order valence-electron chi connectivity index (χ3n) is 11.4. The average molecular weight is 751 g/mol. The highest BCUT2D eigenvalue weighted by molar-refractivity contribution is 5.85. The third-order valence-corrected chi connectivity index (χ3v) is 11.4. The lowest BCUT2D eigenvalue weighted by Gasteiger charge is -2.46. The molecule has 1 aromatic carbocycles. The van der Waals surface area contributed by atoms with Gasteiger partial charge in [-0.05, 0) is 67.5 Å². The van der Waals surface area contributed by atoms with Crippen molar-refractivity contribution in [2.45, 2.75) is 76.4 Å². The molecule has 1 N–H and O–H groups in total. The number of carboxylic acids is 1. The number of aromatic nitrogens is 6. The first-order valence-corrected chi connectivity index (χ1v) is 18.4. The number of benzene rings is 1. The number of piperidine rings is 2. The van der Waals surface area contributed by atoms with Gasteiger partial charge < -0.3 is 19.8 Å². The van der Waals surface area contributed by atoms with Crippen LogP contribution in [0.2, 0.25) is 0 Å². The van der Waals surface area contributed by atoms with Crippen LogP contribution in [0.15, 0.2) is 36.7 Å². The van der Waals surface area contributed by atoms with E-state index < -0.39 is 30.9 Å². The Morgan fingerprint density at radius 1 is 1.00 bits per heavy atom. The van der Waals surface area contributed by atoms with Gasteiger partial charge in [0.2, 0.25) is 5.91 Å². The van der Waals surface area contributed by atoms with E-state index in [4.69, 9.17) is 10.2 Å². The number of likely N-dealkylation sites (tertiary alicyclic amines) is 1. The van der Waals surface area contributed by atoms with Crippen LogP contribution in [0.3, 0.4) is 0 Å². The number of carboxylic acid groups (broad SMARTS) is 1. The highest BCUT2D eigenvalue weighted by atomic mass is 19.3. The summed E-state index contributed by atoms with van der Waals surface area (Å²) in [5.41, 5.74) is 4.29. The molecule has 8 rings (SSSR count). The number of aromatic carboxylic acids is 1. The van der Waals surface area contributed by atoms with Crippen molar-refractivity contribution in [3.63, 3.8) is 0 Å². The van der Waals surface area contributed by atoms with Crippen LogP contribution in [0.25, 0.3) is 11.1 Å². The Kier molecular flexibility index (Phi) is 9.30.